The number of hydrogen-bond acceptors (Lipinski definition) is 5. The fourth-order valence-corrected chi connectivity index (χ4v) is 4.40. The summed E-state index contributed by atoms with van der Waals surface area (Å²) in [4.78, 5) is 12.0. The predicted octanol–water partition coefficient (Wildman–Crippen LogP) is 5.46. The maximum absolute atomic E-state index is 13.8. The molecule has 0 atom stereocenters. The molecule has 0 spiro atoms. The molecule has 7 nitrogen and oxygen atoms in total. The van der Waals surface area contributed by atoms with E-state index in [1.165, 1.54) is 30.3 Å². The van der Waals surface area contributed by atoms with Crippen molar-refractivity contribution >= 4 is 54.8 Å². The average molecular weight is 558 g/mol. The van der Waals surface area contributed by atoms with Crippen molar-refractivity contribution < 1.29 is 27.1 Å². The topological polar surface area (TPSA) is 93.7 Å². The summed E-state index contributed by atoms with van der Waals surface area (Å²) in [5.41, 5.74) is 0.353. The lowest BCUT2D eigenvalue weighted by Crippen LogP contribution is -2.21. The molecule has 3 aromatic carbocycles. The van der Waals surface area contributed by atoms with Crippen molar-refractivity contribution in [2.24, 2.45) is 0 Å². The second kappa shape index (κ2) is 10.9. The van der Waals surface area contributed by atoms with E-state index in [2.05, 4.69) is 26.0 Å². The van der Waals surface area contributed by atoms with Crippen molar-refractivity contribution in [1.29, 1.82) is 0 Å². The van der Waals surface area contributed by atoms with Crippen molar-refractivity contribution in [1.82, 2.24) is 0 Å². The SMILES string of the molecule is CCOc1ccc(NS(=O)(=O)c2ccc(OCC(=O)Nc3ccc(Br)cc3F)c(Cl)c2)cc1. The van der Waals surface area contributed by atoms with E-state index in [9.17, 15) is 17.6 Å². The molecule has 2 N–H and O–H groups in total. The first-order chi connectivity index (χ1) is 15.7. The van der Waals surface area contributed by atoms with Crippen LogP contribution < -0.4 is 19.5 Å². The van der Waals surface area contributed by atoms with Crippen LogP contribution in [0.4, 0.5) is 15.8 Å². The Hall–Kier alpha value is -2.82. The Morgan fingerprint density at radius 3 is 2.42 bits per heavy atom. The number of amides is 1. The Balaban J connectivity index is 1.63. The van der Waals surface area contributed by atoms with Crippen LogP contribution in [0.25, 0.3) is 0 Å². The lowest BCUT2D eigenvalue weighted by atomic mass is 10.3. The van der Waals surface area contributed by atoms with Crippen LogP contribution in [-0.4, -0.2) is 27.5 Å². The smallest absolute Gasteiger partial charge is 0.262 e. The summed E-state index contributed by atoms with van der Waals surface area (Å²) in [6, 6.07) is 14.5. The summed E-state index contributed by atoms with van der Waals surface area (Å²) in [5, 5.41) is 2.38. The number of carbonyl (C=O) groups excluding carboxylic acids is 1. The molecular formula is C22H19BrClFN2O5S. The third kappa shape index (κ3) is 6.83. The molecule has 3 rings (SSSR count). The van der Waals surface area contributed by atoms with Crippen LogP contribution in [0.2, 0.25) is 5.02 Å². The van der Waals surface area contributed by atoms with Gasteiger partial charge in [0.15, 0.2) is 6.61 Å². The summed E-state index contributed by atoms with van der Waals surface area (Å²) in [5.74, 6) is -0.494. The highest BCUT2D eigenvalue weighted by atomic mass is 79.9. The van der Waals surface area contributed by atoms with Gasteiger partial charge < -0.3 is 14.8 Å². The zero-order valence-electron chi connectivity index (χ0n) is 17.3. The van der Waals surface area contributed by atoms with Gasteiger partial charge in [-0.3, -0.25) is 9.52 Å². The molecule has 33 heavy (non-hydrogen) atoms. The van der Waals surface area contributed by atoms with Gasteiger partial charge in [0.1, 0.15) is 17.3 Å². The number of sulfonamides is 1. The van der Waals surface area contributed by atoms with E-state index in [4.69, 9.17) is 21.1 Å². The van der Waals surface area contributed by atoms with Gasteiger partial charge in [-0.1, -0.05) is 27.5 Å². The van der Waals surface area contributed by atoms with E-state index in [1.807, 2.05) is 6.92 Å². The number of ether oxygens (including phenoxy) is 2. The Kier molecular flexibility index (Phi) is 8.17. The number of nitrogens with one attached hydrogen (secondary N) is 2. The first kappa shape index (κ1) is 24.8. The molecule has 1 amide bonds. The second-order valence-electron chi connectivity index (χ2n) is 6.62. The van der Waals surface area contributed by atoms with Crippen molar-refractivity contribution in [3.05, 3.63) is 76.0 Å². The van der Waals surface area contributed by atoms with Gasteiger partial charge in [-0.15, -0.1) is 0 Å². The number of rotatable bonds is 9. The number of anilines is 2. The molecule has 0 bridgehead atoms. The third-order valence-corrected chi connectivity index (χ3v) is 6.36. The summed E-state index contributed by atoms with van der Waals surface area (Å²) in [6.07, 6.45) is 0. The van der Waals surface area contributed by atoms with Crippen molar-refractivity contribution in [3.8, 4) is 11.5 Å². The van der Waals surface area contributed by atoms with Crippen LogP contribution in [0.1, 0.15) is 6.92 Å². The zero-order chi connectivity index (χ0) is 24.0. The van der Waals surface area contributed by atoms with Crippen LogP contribution in [0.3, 0.4) is 0 Å². The maximum atomic E-state index is 13.8. The molecule has 174 valence electrons. The van der Waals surface area contributed by atoms with Gasteiger partial charge in [0.2, 0.25) is 0 Å². The third-order valence-electron chi connectivity index (χ3n) is 4.20. The predicted molar refractivity (Wildman–Crippen MR) is 128 cm³/mol. The Morgan fingerprint density at radius 1 is 1.06 bits per heavy atom. The molecule has 0 aromatic heterocycles. The normalized spacial score (nSPS) is 11.0. The molecule has 0 aliphatic carbocycles. The minimum absolute atomic E-state index is 0.000276. The van der Waals surface area contributed by atoms with E-state index >= 15 is 0 Å². The number of halogens is 3. The van der Waals surface area contributed by atoms with E-state index in [1.54, 1.807) is 30.3 Å². The van der Waals surface area contributed by atoms with Gasteiger partial charge in [0.05, 0.1) is 22.2 Å². The largest absolute Gasteiger partial charge is 0.494 e. The van der Waals surface area contributed by atoms with E-state index in [0.717, 1.165) is 0 Å². The molecule has 0 saturated heterocycles. The summed E-state index contributed by atoms with van der Waals surface area (Å²) < 4.78 is 52.8. The highest BCUT2D eigenvalue weighted by Gasteiger charge is 2.17. The lowest BCUT2D eigenvalue weighted by Gasteiger charge is -2.12. The van der Waals surface area contributed by atoms with Gasteiger partial charge in [-0.2, -0.15) is 0 Å². The van der Waals surface area contributed by atoms with E-state index < -0.39 is 28.4 Å². The maximum Gasteiger partial charge on any atom is 0.262 e. The minimum atomic E-state index is -3.91. The first-order valence-corrected chi connectivity index (χ1v) is 12.3. The molecule has 0 aliphatic heterocycles. The molecule has 0 radical (unpaired) electrons. The monoisotopic (exact) mass is 556 g/mol. The quantitative estimate of drug-likeness (QED) is 0.364. The van der Waals surface area contributed by atoms with E-state index in [0.29, 0.717) is 22.5 Å². The van der Waals surface area contributed by atoms with Gasteiger partial charge in [0, 0.05) is 10.2 Å². The van der Waals surface area contributed by atoms with Crippen molar-refractivity contribution in [3.63, 3.8) is 0 Å². The zero-order valence-corrected chi connectivity index (χ0v) is 20.4. The fourth-order valence-electron chi connectivity index (χ4n) is 2.69. The minimum Gasteiger partial charge on any atom is -0.494 e. The molecule has 0 unspecified atom stereocenters. The first-order valence-electron chi connectivity index (χ1n) is 9.61. The molecule has 0 aliphatic rings. The number of hydrogen-bond donors (Lipinski definition) is 2. The summed E-state index contributed by atoms with van der Waals surface area (Å²) >= 11 is 9.28. The average Bonchev–Trinajstić information content (AvgIpc) is 2.76. The standard InChI is InChI=1S/C22H19BrClFN2O5S/c1-2-31-16-6-4-15(5-7-16)27-33(29,30)17-8-10-21(18(24)12-17)32-13-22(28)26-20-9-3-14(23)11-19(20)25/h3-12,27H,2,13H2,1H3,(H,26,28). The van der Waals surface area contributed by atoms with Crippen LogP contribution in [0, 0.1) is 5.82 Å². The van der Waals surface area contributed by atoms with Gasteiger partial charge >= 0.3 is 0 Å². The Morgan fingerprint density at radius 2 is 1.79 bits per heavy atom. The van der Waals surface area contributed by atoms with Gasteiger partial charge in [-0.25, -0.2) is 12.8 Å². The fraction of sp³-hybridized carbons (Fsp3) is 0.136. The lowest BCUT2D eigenvalue weighted by molar-refractivity contribution is -0.118. The molecule has 11 heteroatoms. The Bertz CT molecular complexity index is 1260. The molecule has 0 saturated carbocycles. The molecule has 0 heterocycles. The summed E-state index contributed by atoms with van der Waals surface area (Å²) in [7, 11) is -3.91. The van der Waals surface area contributed by atoms with Crippen molar-refractivity contribution in [2.75, 3.05) is 23.3 Å². The molecule has 0 fully saturated rings. The van der Waals surface area contributed by atoms with Crippen molar-refractivity contribution in [2.45, 2.75) is 11.8 Å². The van der Waals surface area contributed by atoms with Crippen LogP contribution in [0.15, 0.2) is 70.0 Å². The number of carbonyl (C=O) groups is 1. The summed E-state index contributed by atoms with van der Waals surface area (Å²) in [6.45, 7) is 1.90. The van der Waals surface area contributed by atoms with Crippen LogP contribution in [-0.2, 0) is 14.8 Å². The van der Waals surface area contributed by atoms with E-state index in [-0.39, 0.29) is 21.4 Å². The second-order valence-corrected chi connectivity index (χ2v) is 9.62. The van der Waals surface area contributed by atoms with Gasteiger partial charge in [0.25, 0.3) is 15.9 Å². The molecular weight excluding hydrogens is 539 g/mol. The van der Waals surface area contributed by atoms with Crippen LogP contribution >= 0.6 is 27.5 Å². The number of benzene rings is 3. The van der Waals surface area contributed by atoms with Crippen LogP contribution in [0.5, 0.6) is 11.5 Å². The highest BCUT2D eigenvalue weighted by molar-refractivity contribution is 9.10. The highest BCUT2D eigenvalue weighted by Crippen LogP contribution is 2.29. The van der Waals surface area contributed by atoms with Gasteiger partial charge in [-0.05, 0) is 67.6 Å². The molecule has 3 aromatic rings. The Labute approximate surface area is 204 Å².